The number of aryl methyl sites for hydroxylation is 2. The maximum atomic E-state index is 2.42. The summed E-state index contributed by atoms with van der Waals surface area (Å²) < 4.78 is 0. The zero-order valence-electron chi connectivity index (χ0n) is 15.3. The highest BCUT2D eigenvalue weighted by Crippen LogP contribution is 2.37. The molecule has 0 aliphatic rings. The first-order valence-corrected chi connectivity index (χ1v) is 9.59. The molecule has 5 aromatic rings. The molecule has 0 nitrogen and oxygen atoms in total. The van der Waals surface area contributed by atoms with E-state index in [0.717, 1.165) is 12.8 Å². The summed E-state index contributed by atoms with van der Waals surface area (Å²) in [5.41, 5.74) is 2.87. The Morgan fingerprint density at radius 2 is 0.769 bits per heavy atom. The van der Waals surface area contributed by atoms with E-state index in [-0.39, 0.29) is 0 Å². The van der Waals surface area contributed by atoms with E-state index < -0.39 is 0 Å². The molecule has 0 radical (unpaired) electrons. The summed E-state index contributed by atoms with van der Waals surface area (Å²) in [5, 5.41) is 11.0. The van der Waals surface area contributed by atoms with Gasteiger partial charge in [0.2, 0.25) is 0 Å². The number of hydrogen-bond donors (Lipinski definition) is 0. The molecule has 0 atom stereocenters. The summed E-state index contributed by atoms with van der Waals surface area (Å²) in [6.45, 7) is 4.51. The second-order valence-corrected chi connectivity index (χ2v) is 7.13. The minimum absolute atomic E-state index is 1.06. The average Bonchev–Trinajstić information content (AvgIpc) is 2.72. The van der Waals surface area contributed by atoms with Crippen molar-refractivity contribution in [2.75, 3.05) is 0 Å². The van der Waals surface area contributed by atoms with Crippen LogP contribution < -0.4 is 0 Å². The highest BCUT2D eigenvalue weighted by Gasteiger charge is 2.11. The Morgan fingerprint density at radius 1 is 0.423 bits per heavy atom. The first-order valence-electron chi connectivity index (χ1n) is 9.59. The maximum Gasteiger partial charge on any atom is -0.00959 e. The average molecular weight is 334 g/mol. The lowest BCUT2D eigenvalue weighted by atomic mass is 9.89. The molecule has 0 aromatic heterocycles. The van der Waals surface area contributed by atoms with Crippen molar-refractivity contribution in [3.8, 4) is 0 Å². The topological polar surface area (TPSA) is 0 Å². The van der Waals surface area contributed by atoms with Crippen molar-refractivity contribution >= 4 is 43.1 Å². The van der Waals surface area contributed by atoms with E-state index in [1.165, 1.54) is 54.2 Å². The Balaban J connectivity index is 2.05. The van der Waals surface area contributed by atoms with Gasteiger partial charge in [-0.3, -0.25) is 0 Å². The van der Waals surface area contributed by atoms with Gasteiger partial charge in [0.1, 0.15) is 0 Å². The maximum absolute atomic E-state index is 2.42. The molecule has 0 heterocycles. The summed E-state index contributed by atoms with van der Waals surface area (Å²) in [6, 6.07) is 27.2. The van der Waals surface area contributed by atoms with Crippen molar-refractivity contribution in [2.45, 2.75) is 26.7 Å². The van der Waals surface area contributed by atoms with Gasteiger partial charge in [-0.2, -0.15) is 0 Å². The molecule has 0 saturated heterocycles. The molecule has 0 aliphatic carbocycles. The first kappa shape index (κ1) is 15.4. The molecule has 0 spiro atoms. The molecule has 5 aromatic carbocycles. The van der Waals surface area contributed by atoms with E-state index in [1.54, 1.807) is 0 Å². The summed E-state index contributed by atoms with van der Waals surface area (Å²) in [5.74, 6) is 0. The smallest absolute Gasteiger partial charge is 0.00959 e. The van der Waals surface area contributed by atoms with Gasteiger partial charge >= 0.3 is 0 Å². The summed E-state index contributed by atoms with van der Waals surface area (Å²) in [6.07, 6.45) is 2.11. The van der Waals surface area contributed by atoms with Crippen molar-refractivity contribution in [1.29, 1.82) is 0 Å². The zero-order valence-corrected chi connectivity index (χ0v) is 15.3. The van der Waals surface area contributed by atoms with Crippen LogP contribution in [0.5, 0.6) is 0 Å². The van der Waals surface area contributed by atoms with E-state index in [4.69, 9.17) is 0 Å². The molecule has 5 rings (SSSR count). The molecule has 0 bridgehead atoms. The van der Waals surface area contributed by atoms with Crippen LogP contribution in [0, 0.1) is 0 Å². The Hall–Kier alpha value is -2.86. The Labute approximate surface area is 154 Å². The van der Waals surface area contributed by atoms with Crippen LogP contribution in [0.2, 0.25) is 0 Å². The van der Waals surface area contributed by atoms with E-state index in [9.17, 15) is 0 Å². The first-order chi connectivity index (χ1) is 12.8. The molecule has 126 valence electrons. The molecular weight excluding hydrogens is 312 g/mol. The fourth-order valence-electron chi connectivity index (χ4n) is 4.50. The van der Waals surface area contributed by atoms with Gasteiger partial charge in [-0.1, -0.05) is 74.5 Å². The lowest BCUT2D eigenvalue weighted by Gasteiger charge is -2.14. The van der Waals surface area contributed by atoms with Crippen LogP contribution in [0.1, 0.15) is 25.0 Å². The van der Waals surface area contributed by atoms with E-state index >= 15 is 0 Å². The standard InChI is InChI=1S/C26H22/c1-3-17-15-25-23(21-11-7-5-9-19(17)21)13-14-24-22-12-8-6-10-20(22)18(4-2)16-26(24)25/h5-16H,3-4H2,1-2H3. The summed E-state index contributed by atoms with van der Waals surface area (Å²) in [7, 11) is 0. The van der Waals surface area contributed by atoms with Gasteiger partial charge in [0.25, 0.3) is 0 Å². The Bertz CT molecular complexity index is 1190. The van der Waals surface area contributed by atoms with Crippen molar-refractivity contribution in [1.82, 2.24) is 0 Å². The van der Waals surface area contributed by atoms with Gasteiger partial charge in [0.05, 0.1) is 0 Å². The molecule has 26 heavy (non-hydrogen) atoms. The van der Waals surface area contributed by atoms with Gasteiger partial charge in [-0.05, 0) is 79.2 Å². The van der Waals surface area contributed by atoms with Crippen molar-refractivity contribution in [2.24, 2.45) is 0 Å². The zero-order chi connectivity index (χ0) is 17.7. The van der Waals surface area contributed by atoms with E-state index in [2.05, 4.69) is 86.6 Å². The van der Waals surface area contributed by atoms with Gasteiger partial charge in [0, 0.05) is 0 Å². The molecule has 0 amide bonds. The summed E-state index contributed by atoms with van der Waals surface area (Å²) in [4.78, 5) is 0. The van der Waals surface area contributed by atoms with Crippen LogP contribution in [-0.4, -0.2) is 0 Å². The quantitative estimate of drug-likeness (QED) is 0.295. The predicted octanol–water partition coefficient (Wildman–Crippen LogP) is 7.42. The third-order valence-electron chi connectivity index (χ3n) is 5.81. The molecule has 0 heteroatoms. The Kier molecular flexibility index (Phi) is 3.46. The lowest BCUT2D eigenvalue weighted by Crippen LogP contribution is -1.90. The minimum Gasteiger partial charge on any atom is -0.0616 e. The summed E-state index contributed by atoms with van der Waals surface area (Å²) >= 11 is 0. The lowest BCUT2D eigenvalue weighted by molar-refractivity contribution is 1.16. The molecule has 0 unspecified atom stereocenters. The largest absolute Gasteiger partial charge is 0.0616 e. The van der Waals surface area contributed by atoms with Crippen LogP contribution in [0.4, 0.5) is 0 Å². The van der Waals surface area contributed by atoms with Crippen LogP contribution in [0.3, 0.4) is 0 Å². The Morgan fingerprint density at radius 3 is 1.15 bits per heavy atom. The van der Waals surface area contributed by atoms with Crippen LogP contribution in [0.15, 0.2) is 72.8 Å². The molecule has 0 N–H and O–H groups in total. The number of benzene rings is 5. The molecule has 0 fully saturated rings. The fraction of sp³-hybridized carbons (Fsp3) is 0.154. The van der Waals surface area contributed by atoms with Crippen molar-refractivity contribution in [3.05, 3.63) is 83.9 Å². The van der Waals surface area contributed by atoms with Crippen LogP contribution in [0.25, 0.3) is 43.1 Å². The highest BCUT2D eigenvalue weighted by molar-refractivity contribution is 6.23. The molecular formula is C26H22. The second kappa shape index (κ2) is 5.85. The van der Waals surface area contributed by atoms with Crippen molar-refractivity contribution in [3.63, 3.8) is 0 Å². The van der Waals surface area contributed by atoms with Gasteiger partial charge in [0.15, 0.2) is 0 Å². The fourth-order valence-corrected chi connectivity index (χ4v) is 4.50. The van der Waals surface area contributed by atoms with Crippen LogP contribution >= 0.6 is 0 Å². The third-order valence-corrected chi connectivity index (χ3v) is 5.81. The monoisotopic (exact) mass is 334 g/mol. The SMILES string of the molecule is CCc1cc2c(ccc3c4ccccc4c(CC)cc32)c2ccccc12. The number of rotatable bonds is 2. The van der Waals surface area contributed by atoms with E-state index in [1.807, 2.05) is 0 Å². The highest BCUT2D eigenvalue weighted by atomic mass is 14.1. The third kappa shape index (κ3) is 2.08. The van der Waals surface area contributed by atoms with Crippen molar-refractivity contribution < 1.29 is 0 Å². The number of fused-ring (bicyclic) bond motifs is 7. The van der Waals surface area contributed by atoms with Gasteiger partial charge < -0.3 is 0 Å². The molecule has 0 aliphatic heterocycles. The molecule has 0 saturated carbocycles. The van der Waals surface area contributed by atoms with Crippen LogP contribution in [-0.2, 0) is 12.8 Å². The minimum atomic E-state index is 1.06. The normalized spacial score (nSPS) is 11.8. The van der Waals surface area contributed by atoms with Gasteiger partial charge in [-0.25, -0.2) is 0 Å². The van der Waals surface area contributed by atoms with E-state index in [0.29, 0.717) is 0 Å². The van der Waals surface area contributed by atoms with Gasteiger partial charge in [-0.15, -0.1) is 0 Å². The second-order valence-electron chi connectivity index (χ2n) is 7.13. The predicted molar refractivity (Wildman–Crippen MR) is 115 cm³/mol. The number of hydrogen-bond acceptors (Lipinski definition) is 0.